The number of imidazole rings is 1. The Balaban J connectivity index is 1.22. The minimum absolute atomic E-state index is 0.113. The van der Waals surface area contributed by atoms with E-state index >= 15 is 0 Å². The standard InChI is InChI=1S/C39H44ClN5O5/c1-39(2,3)50-38(49)45-25-29-10-6-5-9-28(29)24-34(45)35(46)41-32(23-26-13-15-30(40)16-14-26)36(47)43-19-17-27(18-20-43)31-11-7-8-12-33(31)44-22-21-42(4)37(44)48/h5-16,21-22,27,32,34H,17-20,23-25H2,1-4H3,(H,41,46)/t32-,34+/m1/s1. The number of ether oxygens (including phenoxy) is 1. The summed E-state index contributed by atoms with van der Waals surface area (Å²) in [6.07, 6.45) is 4.92. The second-order valence-electron chi connectivity index (χ2n) is 14.2. The zero-order chi connectivity index (χ0) is 35.6. The maximum Gasteiger partial charge on any atom is 0.411 e. The van der Waals surface area contributed by atoms with Gasteiger partial charge in [0, 0.05) is 50.4 Å². The SMILES string of the molecule is Cn1ccn(-c2ccccc2C2CCN(C(=O)[C@@H](Cc3ccc(Cl)cc3)NC(=O)[C@@H]3Cc4ccccc4CN3C(=O)OC(C)(C)C)CC2)c1=O. The third-order valence-corrected chi connectivity index (χ3v) is 9.79. The lowest BCUT2D eigenvalue weighted by Crippen LogP contribution is -2.58. The summed E-state index contributed by atoms with van der Waals surface area (Å²) in [5.74, 6) is -0.439. The molecule has 0 aliphatic carbocycles. The Labute approximate surface area is 297 Å². The first-order valence-corrected chi connectivity index (χ1v) is 17.5. The van der Waals surface area contributed by atoms with E-state index in [1.807, 2.05) is 59.5 Å². The van der Waals surface area contributed by atoms with Crippen LogP contribution in [-0.4, -0.2) is 67.6 Å². The van der Waals surface area contributed by atoms with E-state index in [0.717, 1.165) is 27.9 Å². The summed E-state index contributed by atoms with van der Waals surface area (Å²) in [6, 6.07) is 21.2. The van der Waals surface area contributed by atoms with Crippen molar-refractivity contribution in [2.75, 3.05) is 13.1 Å². The molecule has 50 heavy (non-hydrogen) atoms. The van der Waals surface area contributed by atoms with Crippen molar-refractivity contribution in [2.24, 2.45) is 7.05 Å². The van der Waals surface area contributed by atoms with Crippen molar-refractivity contribution in [3.63, 3.8) is 0 Å². The molecule has 3 heterocycles. The number of carbonyl (C=O) groups excluding carboxylic acids is 3. The number of halogens is 1. The van der Waals surface area contributed by atoms with Crippen LogP contribution in [0.15, 0.2) is 90.0 Å². The highest BCUT2D eigenvalue weighted by Gasteiger charge is 2.39. The number of hydrogen-bond acceptors (Lipinski definition) is 5. The molecule has 3 aromatic carbocycles. The number of rotatable bonds is 7. The average molecular weight is 698 g/mol. The number of nitrogens with zero attached hydrogens (tertiary/aromatic N) is 4. The van der Waals surface area contributed by atoms with E-state index in [0.29, 0.717) is 37.4 Å². The minimum Gasteiger partial charge on any atom is -0.444 e. The molecule has 4 aromatic rings. The van der Waals surface area contributed by atoms with Gasteiger partial charge in [-0.2, -0.15) is 0 Å². The van der Waals surface area contributed by atoms with Gasteiger partial charge >= 0.3 is 11.8 Å². The summed E-state index contributed by atoms with van der Waals surface area (Å²) in [5, 5.41) is 3.63. The third kappa shape index (κ3) is 7.81. The summed E-state index contributed by atoms with van der Waals surface area (Å²) in [6.45, 7) is 6.60. The first-order valence-electron chi connectivity index (χ1n) is 17.1. The molecule has 11 heteroatoms. The fourth-order valence-corrected chi connectivity index (χ4v) is 7.05. The van der Waals surface area contributed by atoms with Crippen molar-refractivity contribution < 1.29 is 19.1 Å². The molecule has 2 aliphatic rings. The maximum absolute atomic E-state index is 14.3. The summed E-state index contributed by atoms with van der Waals surface area (Å²) in [4.78, 5) is 58.0. The molecular formula is C39H44ClN5O5. The smallest absolute Gasteiger partial charge is 0.411 e. The Morgan fingerprint density at radius 3 is 2.24 bits per heavy atom. The molecule has 1 saturated heterocycles. The van der Waals surface area contributed by atoms with Gasteiger partial charge in [0.1, 0.15) is 17.7 Å². The van der Waals surface area contributed by atoms with Crippen LogP contribution in [0.1, 0.15) is 61.8 Å². The van der Waals surface area contributed by atoms with E-state index in [1.165, 1.54) is 4.90 Å². The second kappa shape index (κ2) is 14.6. The third-order valence-electron chi connectivity index (χ3n) is 9.54. The van der Waals surface area contributed by atoms with Crippen molar-refractivity contribution in [3.8, 4) is 5.69 Å². The number of hydrogen-bond donors (Lipinski definition) is 1. The lowest BCUT2D eigenvalue weighted by molar-refractivity contribution is -0.138. The molecule has 0 spiro atoms. The van der Waals surface area contributed by atoms with E-state index in [9.17, 15) is 19.2 Å². The molecule has 0 bridgehead atoms. The van der Waals surface area contributed by atoms with Crippen LogP contribution in [0.2, 0.25) is 5.02 Å². The van der Waals surface area contributed by atoms with E-state index in [2.05, 4.69) is 11.4 Å². The van der Waals surface area contributed by atoms with Crippen molar-refractivity contribution in [1.29, 1.82) is 0 Å². The molecule has 3 amide bonds. The molecule has 0 unspecified atom stereocenters. The van der Waals surface area contributed by atoms with Crippen LogP contribution in [-0.2, 0) is 40.8 Å². The molecule has 0 radical (unpaired) electrons. The topological polar surface area (TPSA) is 106 Å². The number of likely N-dealkylation sites (tertiary alicyclic amines) is 1. The van der Waals surface area contributed by atoms with Crippen LogP contribution >= 0.6 is 11.6 Å². The van der Waals surface area contributed by atoms with Gasteiger partial charge in [-0.05, 0) is 80.0 Å². The van der Waals surface area contributed by atoms with E-state index in [-0.39, 0.29) is 30.5 Å². The summed E-state index contributed by atoms with van der Waals surface area (Å²) < 4.78 is 8.93. The summed E-state index contributed by atoms with van der Waals surface area (Å²) in [7, 11) is 1.73. The number of nitrogens with one attached hydrogen (secondary N) is 1. The molecule has 1 N–H and O–H groups in total. The van der Waals surface area contributed by atoms with E-state index < -0.39 is 29.7 Å². The molecule has 6 rings (SSSR count). The number of para-hydroxylation sites is 1. The fraction of sp³-hybridized carbons (Fsp3) is 0.385. The Bertz CT molecular complexity index is 1920. The van der Waals surface area contributed by atoms with Gasteiger partial charge in [-0.3, -0.25) is 19.1 Å². The number of carbonyl (C=O) groups is 3. The monoisotopic (exact) mass is 697 g/mol. The van der Waals surface area contributed by atoms with Gasteiger partial charge in [0.25, 0.3) is 0 Å². The molecular weight excluding hydrogens is 654 g/mol. The lowest BCUT2D eigenvalue weighted by atomic mass is 9.87. The maximum atomic E-state index is 14.3. The largest absolute Gasteiger partial charge is 0.444 e. The number of aromatic nitrogens is 2. The number of piperidine rings is 1. The van der Waals surface area contributed by atoms with Crippen LogP contribution in [0.25, 0.3) is 5.69 Å². The van der Waals surface area contributed by atoms with Crippen molar-refractivity contribution >= 4 is 29.5 Å². The number of aryl methyl sites for hydroxylation is 1. The lowest BCUT2D eigenvalue weighted by Gasteiger charge is -2.38. The first kappa shape index (κ1) is 35.0. The zero-order valence-electron chi connectivity index (χ0n) is 29.0. The van der Waals surface area contributed by atoms with Gasteiger partial charge in [-0.1, -0.05) is 66.2 Å². The van der Waals surface area contributed by atoms with Crippen LogP contribution in [0.3, 0.4) is 0 Å². The van der Waals surface area contributed by atoms with Crippen LogP contribution in [0.5, 0.6) is 0 Å². The molecule has 10 nitrogen and oxygen atoms in total. The first-order chi connectivity index (χ1) is 23.9. The molecule has 1 fully saturated rings. The van der Waals surface area contributed by atoms with Crippen LogP contribution < -0.4 is 11.0 Å². The highest BCUT2D eigenvalue weighted by atomic mass is 35.5. The molecule has 2 aliphatic heterocycles. The van der Waals surface area contributed by atoms with E-state index in [4.69, 9.17) is 16.3 Å². The quantitative estimate of drug-likeness (QED) is 0.270. The Morgan fingerprint density at radius 1 is 0.920 bits per heavy atom. The van der Waals surface area contributed by atoms with Gasteiger partial charge < -0.3 is 19.5 Å². The van der Waals surface area contributed by atoms with Crippen molar-refractivity contribution in [3.05, 3.63) is 123 Å². The Morgan fingerprint density at radius 2 is 1.58 bits per heavy atom. The highest BCUT2D eigenvalue weighted by Crippen LogP contribution is 2.32. The van der Waals surface area contributed by atoms with Gasteiger partial charge in [0.05, 0.1) is 12.2 Å². The van der Waals surface area contributed by atoms with Gasteiger partial charge in [0.15, 0.2) is 0 Å². The predicted octanol–water partition coefficient (Wildman–Crippen LogP) is 5.62. The van der Waals surface area contributed by atoms with Crippen molar-refractivity contribution in [1.82, 2.24) is 24.3 Å². The Kier molecular flexibility index (Phi) is 10.2. The highest BCUT2D eigenvalue weighted by molar-refractivity contribution is 6.30. The summed E-state index contributed by atoms with van der Waals surface area (Å²) in [5.41, 5.74) is 3.84. The fourth-order valence-electron chi connectivity index (χ4n) is 6.92. The van der Waals surface area contributed by atoms with E-state index in [1.54, 1.807) is 61.5 Å². The number of fused-ring (bicyclic) bond motifs is 1. The van der Waals surface area contributed by atoms with Gasteiger partial charge in [0.2, 0.25) is 11.8 Å². The number of benzene rings is 3. The van der Waals surface area contributed by atoms with Crippen molar-refractivity contribution in [2.45, 2.75) is 76.6 Å². The second-order valence-corrected chi connectivity index (χ2v) is 14.6. The molecule has 1 aromatic heterocycles. The van der Waals surface area contributed by atoms with Crippen LogP contribution in [0, 0.1) is 0 Å². The predicted molar refractivity (Wildman–Crippen MR) is 192 cm³/mol. The minimum atomic E-state index is -0.868. The number of amides is 3. The average Bonchev–Trinajstić information content (AvgIpc) is 3.44. The zero-order valence-corrected chi connectivity index (χ0v) is 29.7. The molecule has 0 saturated carbocycles. The van der Waals surface area contributed by atoms with Crippen LogP contribution in [0.4, 0.5) is 4.79 Å². The van der Waals surface area contributed by atoms with Gasteiger partial charge in [-0.15, -0.1) is 0 Å². The summed E-state index contributed by atoms with van der Waals surface area (Å²) >= 11 is 6.16. The normalized spacial score (nSPS) is 17.2. The molecule has 2 atom stereocenters. The molecule has 262 valence electrons. The van der Waals surface area contributed by atoms with Gasteiger partial charge in [-0.25, -0.2) is 9.59 Å². The Hall–Kier alpha value is -4.83.